The van der Waals surface area contributed by atoms with Crippen molar-refractivity contribution in [2.45, 2.75) is 13.8 Å². The van der Waals surface area contributed by atoms with E-state index in [0.29, 0.717) is 5.56 Å². The van der Waals surface area contributed by atoms with Crippen LogP contribution in [0, 0.1) is 0 Å². The van der Waals surface area contributed by atoms with Crippen LogP contribution in [0.4, 0.5) is 5.69 Å². The molecule has 0 aliphatic heterocycles. The minimum Gasteiger partial charge on any atom is -0.507 e. The van der Waals surface area contributed by atoms with Crippen LogP contribution < -0.4 is 10.3 Å². The summed E-state index contributed by atoms with van der Waals surface area (Å²) >= 11 is 0. The van der Waals surface area contributed by atoms with Crippen molar-refractivity contribution in [3.63, 3.8) is 0 Å². The minimum atomic E-state index is 0.233. The monoisotopic (exact) mass is 193 g/mol. The summed E-state index contributed by atoms with van der Waals surface area (Å²) in [6.07, 6.45) is 1.40. The summed E-state index contributed by atoms with van der Waals surface area (Å²) < 4.78 is 0. The number of benzene rings is 1. The molecule has 0 atom stereocenters. The van der Waals surface area contributed by atoms with Crippen molar-refractivity contribution in [1.82, 2.24) is 0 Å². The van der Waals surface area contributed by atoms with Gasteiger partial charge in [-0.25, -0.2) is 0 Å². The standard InChI is InChI=1S/C11H16N2O/c1-3-13(4-2)10-6-5-9(8-12)11(14)7-10/h5-8,12,14H,3-4H2,1-2H3/p+1. The fraction of sp³-hybridized carbons (Fsp3) is 0.364. The third-order valence-electron chi connectivity index (χ3n) is 2.32. The van der Waals surface area contributed by atoms with Gasteiger partial charge in [0.05, 0.1) is 5.56 Å². The number of nitrogens with zero attached hydrogens (tertiary/aromatic N) is 1. The highest BCUT2D eigenvalue weighted by Crippen LogP contribution is 2.22. The van der Waals surface area contributed by atoms with E-state index in [1.54, 1.807) is 6.07 Å². The van der Waals surface area contributed by atoms with Crippen molar-refractivity contribution >= 4 is 11.9 Å². The lowest BCUT2D eigenvalue weighted by Crippen LogP contribution is -2.30. The maximum Gasteiger partial charge on any atom is 0.171 e. The summed E-state index contributed by atoms with van der Waals surface area (Å²) in [5.41, 5.74) is 1.69. The topological polar surface area (TPSA) is 49.1 Å². The van der Waals surface area contributed by atoms with Gasteiger partial charge < -0.3 is 10.0 Å². The van der Waals surface area contributed by atoms with E-state index in [-0.39, 0.29) is 5.75 Å². The number of phenolic OH excluding ortho intramolecular Hbond substituents is 1. The van der Waals surface area contributed by atoms with Crippen LogP contribution in [-0.4, -0.2) is 24.4 Å². The molecule has 0 aromatic heterocycles. The van der Waals surface area contributed by atoms with Crippen LogP contribution in [0.15, 0.2) is 18.2 Å². The first-order chi connectivity index (χ1) is 6.72. The molecule has 0 amide bonds. The number of hydrogen-bond acceptors (Lipinski definition) is 2. The van der Waals surface area contributed by atoms with Gasteiger partial charge in [0, 0.05) is 24.8 Å². The van der Waals surface area contributed by atoms with E-state index in [1.165, 1.54) is 6.21 Å². The molecule has 0 bridgehead atoms. The molecular weight excluding hydrogens is 176 g/mol. The molecule has 0 fully saturated rings. The molecule has 1 aromatic rings. The summed E-state index contributed by atoms with van der Waals surface area (Å²) in [5, 5.41) is 14.9. The molecule has 76 valence electrons. The zero-order valence-electron chi connectivity index (χ0n) is 8.70. The molecule has 0 aliphatic carbocycles. The lowest BCUT2D eigenvalue weighted by molar-refractivity contribution is -0.104. The average molecular weight is 193 g/mol. The summed E-state index contributed by atoms with van der Waals surface area (Å²) in [4.78, 5) is 2.17. The van der Waals surface area contributed by atoms with E-state index in [1.807, 2.05) is 12.1 Å². The molecule has 0 saturated heterocycles. The van der Waals surface area contributed by atoms with Crippen LogP contribution in [0.2, 0.25) is 0 Å². The molecule has 0 heterocycles. The Balaban J connectivity index is 3.00. The Morgan fingerprint density at radius 1 is 1.36 bits per heavy atom. The normalized spacial score (nSPS) is 9.86. The first kappa shape index (κ1) is 10.6. The molecule has 0 unspecified atom stereocenters. The van der Waals surface area contributed by atoms with E-state index in [4.69, 9.17) is 5.41 Å². The van der Waals surface area contributed by atoms with E-state index >= 15 is 0 Å². The van der Waals surface area contributed by atoms with Gasteiger partial charge in [0.2, 0.25) is 0 Å². The second-order valence-electron chi connectivity index (χ2n) is 3.08. The SMILES string of the molecule is CCN(CC)c1ccc(C=[NH2+])c(O)c1. The molecule has 14 heavy (non-hydrogen) atoms. The first-order valence-electron chi connectivity index (χ1n) is 4.85. The van der Waals surface area contributed by atoms with Crippen molar-refractivity contribution < 1.29 is 10.5 Å². The molecule has 0 saturated carbocycles. The third-order valence-corrected chi connectivity index (χ3v) is 2.32. The van der Waals surface area contributed by atoms with Crippen molar-refractivity contribution in [2.75, 3.05) is 18.0 Å². The second-order valence-corrected chi connectivity index (χ2v) is 3.08. The van der Waals surface area contributed by atoms with Crippen LogP contribution in [0.1, 0.15) is 19.4 Å². The van der Waals surface area contributed by atoms with E-state index in [9.17, 15) is 5.11 Å². The zero-order chi connectivity index (χ0) is 10.6. The predicted molar refractivity (Wildman–Crippen MR) is 58.8 cm³/mol. The Labute approximate surface area is 84.5 Å². The van der Waals surface area contributed by atoms with Gasteiger partial charge in [-0.1, -0.05) is 0 Å². The number of anilines is 1. The van der Waals surface area contributed by atoms with Crippen LogP contribution in [0.5, 0.6) is 5.75 Å². The van der Waals surface area contributed by atoms with Crippen molar-refractivity contribution in [1.29, 1.82) is 0 Å². The van der Waals surface area contributed by atoms with E-state index in [0.717, 1.165) is 18.8 Å². The highest BCUT2D eigenvalue weighted by molar-refractivity contribution is 5.80. The maximum absolute atomic E-state index is 9.59. The van der Waals surface area contributed by atoms with Crippen LogP contribution >= 0.6 is 0 Å². The summed E-state index contributed by atoms with van der Waals surface area (Å²) in [6, 6.07) is 5.53. The van der Waals surface area contributed by atoms with Crippen molar-refractivity contribution in [3.8, 4) is 5.75 Å². The van der Waals surface area contributed by atoms with Crippen LogP contribution in [0.25, 0.3) is 0 Å². The van der Waals surface area contributed by atoms with Gasteiger partial charge in [-0.05, 0) is 26.0 Å². The number of nitrogens with two attached hydrogens (primary N) is 1. The lowest BCUT2D eigenvalue weighted by atomic mass is 10.2. The smallest absolute Gasteiger partial charge is 0.171 e. The summed E-state index contributed by atoms with van der Waals surface area (Å²) in [7, 11) is 0. The first-order valence-corrected chi connectivity index (χ1v) is 4.85. The van der Waals surface area contributed by atoms with Crippen molar-refractivity contribution in [2.24, 2.45) is 0 Å². The number of hydrogen-bond donors (Lipinski definition) is 2. The fourth-order valence-electron chi connectivity index (χ4n) is 1.46. The highest BCUT2D eigenvalue weighted by atomic mass is 16.3. The Morgan fingerprint density at radius 3 is 2.43 bits per heavy atom. The van der Waals surface area contributed by atoms with Crippen molar-refractivity contribution in [3.05, 3.63) is 23.8 Å². The van der Waals surface area contributed by atoms with Gasteiger partial charge in [0.15, 0.2) is 6.21 Å². The quantitative estimate of drug-likeness (QED) is 0.681. The van der Waals surface area contributed by atoms with Gasteiger partial charge in [-0.3, -0.25) is 5.41 Å². The molecule has 1 aromatic carbocycles. The fourth-order valence-corrected chi connectivity index (χ4v) is 1.46. The molecule has 1 rings (SSSR count). The maximum atomic E-state index is 9.59. The lowest BCUT2D eigenvalue weighted by Gasteiger charge is -2.21. The molecule has 3 nitrogen and oxygen atoms in total. The molecule has 3 N–H and O–H groups in total. The highest BCUT2D eigenvalue weighted by Gasteiger charge is 2.05. The third kappa shape index (κ3) is 2.05. The average Bonchev–Trinajstić information content (AvgIpc) is 2.20. The predicted octanol–water partition coefficient (Wildman–Crippen LogP) is 0.416. The van der Waals surface area contributed by atoms with Gasteiger partial charge >= 0.3 is 0 Å². The van der Waals surface area contributed by atoms with Crippen LogP contribution in [0.3, 0.4) is 0 Å². The molecule has 0 aliphatic rings. The number of rotatable bonds is 4. The summed E-state index contributed by atoms with van der Waals surface area (Å²) in [6.45, 7) is 6.04. The van der Waals surface area contributed by atoms with Crippen LogP contribution in [-0.2, 0) is 0 Å². The molecule has 3 heteroatoms. The Kier molecular flexibility index (Phi) is 3.51. The Bertz CT molecular complexity index is 319. The molecule has 0 radical (unpaired) electrons. The minimum absolute atomic E-state index is 0.233. The van der Waals surface area contributed by atoms with Gasteiger partial charge in [-0.2, -0.15) is 0 Å². The van der Waals surface area contributed by atoms with E-state index < -0.39 is 0 Å². The van der Waals surface area contributed by atoms with Gasteiger partial charge in [-0.15, -0.1) is 0 Å². The Hall–Kier alpha value is -1.51. The largest absolute Gasteiger partial charge is 0.507 e. The second kappa shape index (κ2) is 4.65. The van der Waals surface area contributed by atoms with Gasteiger partial charge in [0.1, 0.15) is 5.75 Å². The number of aromatic hydroxyl groups is 1. The molecule has 0 spiro atoms. The molecular formula is C11H17N2O+. The van der Waals surface area contributed by atoms with E-state index in [2.05, 4.69) is 18.7 Å². The zero-order valence-corrected chi connectivity index (χ0v) is 8.70. The van der Waals surface area contributed by atoms with Gasteiger partial charge in [0.25, 0.3) is 0 Å². The summed E-state index contributed by atoms with van der Waals surface area (Å²) in [5.74, 6) is 0.233. The number of phenols is 1. The Morgan fingerprint density at radius 2 is 2.00 bits per heavy atom.